The van der Waals surface area contributed by atoms with Crippen molar-refractivity contribution in [3.63, 3.8) is 0 Å². The molecule has 1 radical (unpaired) electrons. The van der Waals surface area contributed by atoms with Crippen LogP contribution in [0.1, 0.15) is 11.1 Å². The minimum Gasteiger partial charge on any atom is -0.506 e. The number of benzene rings is 3. The van der Waals surface area contributed by atoms with E-state index >= 15 is 0 Å². The van der Waals surface area contributed by atoms with E-state index < -0.39 is 43.8 Å². The van der Waals surface area contributed by atoms with Gasteiger partial charge in [-0.05, 0) is 54.6 Å². The number of phenols is 2. The second-order valence-corrected chi connectivity index (χ2v) is 9.55. The van der Waals surface area contributed by atoms with E-state index in [4.69, 9.17) is 0 Å². The van der Waals surface area contributed by atoms with E-state index in [1.807, 2.05) is 6.92 Å². The minimum absolute atomic E-state index is 0. The number of fused-ring (bicyclic) bond motifs is 1. The fourth-order valence-corrected chi connectivity index (χ4v) is 4.03. The van der Waals surface area contributed by atoms with Crippen LogP contribution in [0.2, 0.25) is 0 Å². The molecule has 0 saturated carbocycles. The van der Waals surface area contributed by atoms with Gasteiger partial charge in [0, 0.05) is 22.5 Å². The molecule has 0 atom stereocenters. The predicted molar refractivity (Wildman–Crippen MR) is 115 cm³/mol. The zero-order valence-electron chi connectivity index (χ0n) is 16.1. The van der Waals surface area contributed by atoms with Gasteiger partial charge in [-0.25, -0.2) is 0 Å². The summed E-state index contributed by atoms with van der Waals surface area (Å²) in [5.41, 5.74) is 0.867. The number of azo groups is 1. The minimum atomic E-state index is -4.32. The van der Waals surface area contributed by atoms with Crippen LogP contribution in [-0.4, -0.2) is 37.5 Å². The Labute approximate surface area is 191 Å². The molecule has 8 N–H and O–H groups in total. The van der Waals surface area contributed by atoms with Crippen LogP contribution < -0.4 is 0 Å². The van der Waals surface area contributed by atoms with E-state index in [1.54, 1.807) is 19.1 Å². The van der Waals surface area contributed by atoms with Gasteiger partial charge in [-0.2, -0.15) is 0 Å². The second kappa shape index (κ2) is 8.92. The summed E-state index contributed by atoms with van der Waals surface area (Å²) in [7, 11) is -8.40. The van der Waals surface area contributed by atoms with Crippen LogP contribution in [0.5, 0.6) is 11.5 Å². The van der Waals surface area contributed by atoms with E-state index in [0.29, 0.717) is 10.8 Å². The van der Waals surface area contributed by atoms with Crippen molar-refractivity contribution in [3.8, 4) is 11.5 Å². The van der Waals surface area contributed by atoms with Crippen molar-refractivity contribution in [3.05, 3.63) is 47.5 Å². The van der Waals surface area contributed by atoms with Crippen LogP contribution in [-0.2, 0) is 17.1 Å². The van der Waals surface area contributed by atoms with Gasteiger partial charge in [0.25, 0.3) is 0 Å². The summed E-state index contributed by atoms with van der Waals surface area (Å²) in [5, 5.41) is 28.9. The zero-order valence-corrected chi connectivity index (χ0v) is 18.6. The van der Waals surface area contributed by atoms with Gasteiger partial charge in [-0.1, -0.05) is 12.1 Å². The average molecular weight is 520 g/mol. The Balaban J connectivity index is 0.00000341. The Morgan fingerprint density at radius 1 is 0.742 bits per heavy atom. The number of nitrogens with zero attached hydrogens (tertiary/aromatic N) is 2. The molecule has 3 aromatic rings. The predicted octanol–water partition coefficient (Wildman–Crippen LogP) is 6.45. The van der Waals surface area contributed by atoms with Gasteiger partial charge in [0.15, 0.2) is 5.75 Å². The maximum absolute atomic E-state index is 10.7. The summed E-state index contributed by atoms with van der Waals surface area (Å²) in [5.74, 6) is -0.916. The molecule has 0 fully saturated rings. The van der Waals surface area contributed by atoms with Crippen molar-refractivity contribution in [1.82, 2.24) is 0 Å². The Bertz CT molecular complexity index is 1180. The van der Waals surface area contributed by atoms with Crippen LogP contribution in [0.25, 0.3) is 10.8 Å². The van der Waals surface area contributed by atoms with Crippen LogP contribution in [0.4, 0.5) is 11.4 Å². The first-order valence-electron chi connectivity index (χ1n) is 8.32. The Morgan fingerprint density at radius 2 is 1.39 bits per heavy atom. The van der Waals surface area contributed by atoms with Crippen LogP contribution in [0.15, 0.2) is 56.4 Å². The van der Waals surface area contributed by atoms with Crippen LogP contribution >= 0.6 is 21.7 Å². The molecule has 0 aliphatic rings. The molecule has 0 heterocycles. The summed E-state index contributed by atoms with van der Waals surface area (Å²) in [6.07, 6.45) is 0. The maximum atomic E-state index is 10.7. The van der Waals surface area contributed by atoms with Crippen LogP contribution in [0, 0.1) is 13.8 Å². The summed E-state index contributed by atoms with van der Waals surface area (Å²) in [6, 6.07) is 7.69. The molecule has 0 amide bonds. The molecule has 10 nitrogen and oxygen atoms in total. The molecule has 173 valence electrons. The summed E-state index contributed by atoms with van der Waals surface area (Å²) >= 11 is 0. The molecule has 0 spiro atoms. The first-order valence-corrected chi connectivity index (χ1v) is 11.3. The van der Waals surface area contributed by atoms with Crippen molar-refractivity contribution < 1.29 is 54.6 Å². The average Bonchev–Trinajstić information content (AvgIpc) is 2.63. The van der Waals surface area contributed by atoms with Crippen molar-refractivity contribution >= 4 is 43.9 Å². The Kier molecular flexibility index (Phi) is 7.30. The topological polar surface area (TPSA) is 187 Å². The molecular weight excluding hydrogens is 500 g/mol. The molecule has 3 aromatic carbocycles. The number of aromatic hydroxyl groups is 2. The maximum Gasteiger partial charge on any atom is 0.152 e. The fourth-order valence-electron chi connectivity index (χ4n) is 2.84. The first-order chi connectivity index (χ1) is 13.8. The second-order valence-electron chi connectivity index (χ2n) is 6.56. The summed E-state index contributed by atoms with van der Waals surface area (Å²) in [4.78, 5) is -0.818. The standard InChI is InChI=1S/C18H20N2O8S2.Cu/c1-9-3-5-12-13(10(9)2)8-16(30(26,27)28)17(18(12)22)20-19-14-7-11(29(23,24)25)4-6-15(14)21;/h3-8,21-28H,1-2H3;. The molecule has 13 heteroatoms. The Morgan fingerprint density at radius 3 is 1.97 bits per heavy atom. The molecule has 3 rings (SSSR count). The molecule has 0 aliphatic heterocycles. The molecule has 0 saturated heterocycles. The third kappa shape index (κ3) is 5.13. The third-order valence-electron chi connectivity index (χ3n) is 4.59. The SMILES string of the molecule is Cc1ccc2c(O)c(N=Nc3cc(S(O)(O)O)ccc3O)c(S(O)(O)O)cc2c1C.[Cu]. The zero-order chi connectivity index (χ0) is 22.4. The fraction of sp³-hybridized carbons (Fsp3) is 0.111. The van der Waals surface area contributed by atoms with Gasteiger partial charge in [0.05, 0.1) is 9.79 Å². The van der Waals surface area contributed by atoms with E-state index in [0.717, 1.165) is 29.3 Å². The van der Waals surface area contributed by atoms with E-state index in [-0.39, 0.29) is 27.7 Å². The number of phenolic OH excluding ortho intramolecular Hbond substituents is 2. The number of hydrogen-bond acceptors (Lipinski definition) is 10. The molecule has 0 aliphatic carbocycles. The van der Waals surface area contributed by atoms with E-state index in [2.05, 4.69) is 10.2 Å². The van der Waals surface area contributed by atoms with Gasteiger partial charge in [0.1, 0.15) is 38.9 Å². The first kappa shape index (κ1) is 25.4. The number of hydrogen-bond donors (Lipinski definition) is 8. The molecule has 0 unspecified atom stereocenters. The normalized spacial score (nSPS) is 13.4. The summed E-state index contributed by atoms with van der Waals surface area (Å²) < 4.78 is 57.6. The quantitative estimate of drug-likeness (QED) is 0.142. The number of rotatable bonds is 4. The molecule has 31 heavy (non-hydrogen) atoms. The van der Waals surface area contributed by atoms with Crippen LogP contribution in [0.3, 0.4) is 0 Å². The van der Waals surface area contributed by atoms with Crippen molar-refractivity contribution in [2.24, 2.45) is 10.2 Å². The largest absolute Gasteiger partial charge is 0.506 e. The number of aryl methyl sites for hydroxylation is 2. The van der Waals surface area contributed by atoms with Gasteiger partial charge in [-0.3, -0.25) is 0 Å². The van der Waals surface area contributed by atoms with Crippen molar-refractivity contribution in [2.75, 3.05) is 0 Å². The van der Waals surface area contributed by atoms with Gasteiger partial charge in [-0.15, -0.1) is 10.2 Å². The van der Waals surface area contributed by atoms with Crippen molar-refractivity contribution in [1.29, 1.82) is 0 Å². The smallest absolute Gasteiger partial charge is 0.152 e. The Hall–Kier alpha value is -1.90. The van der Waals surface area contributed by atoms with Gasteiger partial charge in [0.2, 0.25) is 0 Å². The molecule has 0 bridgehead atoms. The monoisotopic (exact) mass is 519 g/mol. The molecular formula is C18H20CuN2O8S2. The summed E-state index contributed by atoms with van der Waals surface area (Å²) in [6.45, 7) is 3.60. The molecule has 0 aromatic heterocycles. The van der Waals surface area contributed by atoms with Gasteiger partial charge >= 0.3 is 0 Å². The van der Waals surface area contributed by atoms with Crippen molar-refractivity contribution in [2.45, 2.75) is 23.6 Å². The van der Waals surface area contributed by atoms with E-state index in [9.17, 15) is 37.5 Å². The van der Waals surface area contributed by atoms with E-state index in [1.165, 1.54) is 6.07 Å². The third-order valence-corrected chi connectivity index (χ3v) is 6.38. The van der Waals surface area contributed by atoms with Gasteiger partial charge < -0.3 is 37.5 Å².